The summed E-state index contributed by atoms with van der Waals surface area (Å²) in [4.78, 5) is 15.1. The third-order valence-electron chi connectivity index (χ3n) is 3.62. The lowest BCUT2D eigenvalue weighted by Gasteiger charge is -2.21. The first-order valence-corrected chi connectivity index (χ1v) is 7.05. The second kappa shape index (κ2) is 6.14. The molecule has 1 heterocycles. The molecule has 0 bridgehead atoms. The summed E-state index contributed by atoms with van der Waals surface area (Å²) in [6.07, 6.45) is 9.18. The van der Waals surface area contributed by atoms with Gasteiger partial charge in [0.2, 0.25) is 0 Å². The minimum atomic E-state index is -0.0236. The highest BCUT2D eigenvalue weighted by Gasteiger charge is 2.14. The van der Waals surface area contributed by atoms with E-state index in [0.717, 1.165) is 12.1 Å². The molecule has 1 aliphatic rings. The van der Waals surface area contributed by atoms with Crippen LogP contribution in [0.15, 0.2) is 23.5 Å². The van der Waals surface area contributed by atoms with Gasteiger partial charge in [0.25, 0.3) is 5.56 Å². The Balaban J connectivity index is 2.17. The van der Waals surface area contributed by atoms with E-state index in [4.69, 9.17) is 12.2 Å². The van der Waals surface area contributed by atoms with Gasteiger partial charge in [0.15, 0.2) is 4.77 Å². The summed E-state index contributed by atoms with van der Waals surface area (Å²) in [5.41, 5.74) is 0.960. The lowest BCUT2D eigenvalue weighted by molar-refractivity contribution is 0.353. The summed E-state index contributed by atoms with van der Waals surface area (Å²) in [6, 6.07) is 1.69. The summed E-state index contributed by atoms with van der Waals surface area (Å²) in [7, 11) is 0. The van der Waals surface area contributed by atoms with Crippen molar-refractivity contribution in [3.63, 3.8) is 0 Å². The molecule has 1 saturated carbocycles. The molecule has 0 aromatic carbocycles. The third kappa shape index (κ3) is 3.19. The summed E-state index contributed by atoms with van der Waals surface area (Å²) < 4.78 is 2.04. The Morgan fingerprint density at radius 1 is 1.44 bits per heavy atom. The van der Waals surface area contributed by atoms with Crippen molar-refractivity contribution in [1.29, 1.82) is 0 Å². The molecule has 0 amide bonds. The first kappa shape index (κ1) is 13.3. The molecule has 4 heteroatoms. The fraction of sp³-hybridized carbons (Fsp3) is 0.571. The largest absolute Gasteiger partial charge is 0.336 e. The van der Waals surface area contributed by atoms with E-state index in [1.165, 1.54) is 36.7 Å². The number of nitrogens with one attached hydrogen (secondary N) is 1. The zero-order chi connectivity index (χ0) is 13.0. The van der Waals surface area contributed by atoms with Gasteiger partial charge >= 0.3 is 0 Å². The Labute approximate surface area is 113 Å². The molecule has 1 fully saturated rings. The molecule has 0 atom stereocenters. The minimum absolute atomic E-state index is 0.0236. The van der Waals surface area contributed by atoms with Crippen LogP contribution in [0.4, 0.5) is 0 Å². The van der Waals surface area contributed by atoms with Crippen LogP contribution in [0, 0.1) is 10.7 Å². The number of rotatable bonds is 4. The Hall–Kier alpha value is -1.16. The fourth-order valence-electron chi connectivity index (χ4n) is 2.68. The zero-order valence-corrected chi connectivity index (χ0v) is 11.5. The lowest BCUT2D eigenvalue weighted by Crippen LogP contribution is -2.22. The van der Waals surface area contributed by atoms with Crippen LogP contribution in [-0.4, -0.2) is 9.55 Å². The van der Waals surface area contributed by atoms with Crippen LogP contribution in [0.5, 0.6) is 0 Å². The second-order valence-corrected chi connectivity index (χ2v) is 5.43. The van der Waals surface area contributed by atoms with Crippen LogP contribution in [0.2, 0.25) is 0 Å². The number of nitrogens with zero attached hydrogens (tertiary/aromatic N) is 1. The maximum Gasteiger partial charge on any atom is 0.254 e. The SMILES string of the molecule is C=CCn1c(=O)cc(CC2CCCCC2)[nH]c1=S. The highest BCUT2D eigenvalue weighted by atomic mass is 32.1. The van der Waals surface area contributed by atoms with Gasteiger partial charge in [-0.2, -0.15) is 0 Å². The monoisotopic (exact) mass is 264 g/mol. The van der Waals surface area contributed by atoms with E-state index in [9.17, 15) is 4.79 Å². The molecular formula is C14H20N2OS. The van der Waals surface area contributed by atoms with Crippen LogP contribution >= 0.6 is 12.2 Å². The van der Waals surface area contributed by atoms with E-state index in [1.54, 1.807) is 12.1 Å². The molecule has 0 saturated heterocycles. The van der Waals surface area contributed by atoms with Gasteiger partial charge in [0.05, 0.1) is 0 Å². The number of aromatic amines is 1. The van der Waals surface area contributed by atoms with Gasteiger partial charge in [-0.1, -0.05) is 38.2 Å². The molecule has 2 rings (SSSR count). The van der Waals surface area contributed by atoms with Crippen LogP contribution in [0.1, 0.15) is 37.8 Å². The van der Waals surface area contributed by atoms with Crippen molar-refractivity contribution in [2.24, 2.45) is 5.92 Å². The number of H-pyrrole nitrogens is 1. The van der Waals surface area contributed by atoms with Gasteiger partial charge in [-0.15, -0.1) is 6.58 Å². The second-order valence-electron chi connectivity index (χ2n) is 5.05. The zero-order valence-electron chi connectivity index (χ0n) is 10.7. The average molecular weight is 264 g/mol. The molecule has 1 N–H and O–H groups in total. The number of aromatic nitrogens is 2. The molecule has 0 unspecified atom stereocenters. The van der Waals surface area contributed by atoms with Gasteiger partial charge in [0, 0.05) is 18.3 Å². The molecule has 0 spiro atoms. The van der Waals surface area contributed by atoms with Crippen LogP contribution in [0.25, 0.3) is 0 Å². The van der Waals surface area contributed by atoms with E-state index in [1.807, 2.05) is 0 Å². The number of hydrogen-bond acceptors (Lipinski definition) is 2. The highest BCUT2D eigenvalue weighted by molar-refractivity contribution is 7.71. The topological polar surface area (TPSA) is 37.8 Å². The van der Waals surface area contributed by atoms with Crippen molar-refractivity contribution in [3.8, 4) is 0 Å². The van der Waals surface area contributed by atoms with Crippen molar-refractivity contribution in [2.45, 2.75) is 45.1 Å². The molecule has 1 aromatic heterocycles. The van der Waals surface area contributed by atoms with Crippen molar-refractivity contribution >= 4 is 12.2 Å². The molecule has 0 aliphatic heterocycles. The van der Waals surface area contributed by atoms with E-state index in [-0.39, 0.29) is 5.56 Å². The van der Waals surface area contributed by atoms with E-state index < -0.39 is 0 Å². The van der Waals surface area contributed by atoms with E-state index in [2.05, 4.69) is 11.6 Å². The summed E-state index contributed by atoms with van der Waals surface area (Å²) in [5.74, 6) is 0.707. The van der Waals surface area contributed by atoms with Crippen LogP contribution in [-0.2, 0) is 13.0 Å². The van der Waals surface area contributed by atoms with Gasteiger partial charge < -0.3 is 4.98 Å². The fourth-order valence-corrected chi connectivity index (χ4v) is 2.98. The van der Waals surface area contributed by atoms with Crippen molar-refractivity contribution in [1.82, 2.24) is 9.55 Å². The van der Waals surface area contributed by atoms with Gasteiger partial charge in [-0.25, -0.2) is 0 Å². The maximum atomic E-state index is 11.9. The van der Waals surface area contributed by atoms with Gasteiger partial charge in [-0.3, -0.25) is 9.36 Å². The number of hydrogen-bond donors (Lipinski definition) is 1. The molecule has 0 radical (unpaired) electrons. The molecule has 1 aromatic rings. The van der Waals surface area contributed by atoms with Crippen LogP contribution in [0.3, 0.4) is 0 Å². The minimum Gasteiger partial charge on any atom is -0.336 e. The predicted octanol–water partition coefficient (Wildman–Crippen LogP) is 3.21. The summed E-state index contributed by atoms with van der Waals surface area (Å²) in [5, 5.41) is 0. The standard InChI is InChI=1S/C14H20N2OS/c1-2-8-16-13(17)10-12(15-14(16)18)9-11-6-4-3-5-7-11/h2,10-11H,1,3-9H2,(H,15,18). The first-order valence-electron chi connectivity index (χ1n) is 6.64. The molecule has 3 nitrogen and oxygen atoms in total. The summed E-state index contributed by atoms with van der Waals surface area (Å²) in [6.45, 7) is 4.10. The first-order chi connectivity index (χ1) is 8.70. The van der Waals surface area contributed by atoms with E-state index >= 15 is 0 Å². The lowest BCUT2D eigenvalue weighted by atomic mass is 9.86. The Morgan fingerprint density at radius 3 is 2.78 bits per heavy atom. The molecule has 98 valence electrons. The van der Waals surface area contributed by atoms with Crippen molar-refractivity contribution < 1.29 is 0 Å². The smallest absolute Gasteiger partial charge is 0.254 e. The highest BCUT2D eigenvalue weighted by Crippen LogP contribution is 2.25. The van der Waals surface area contributed by atoms with E-state index in [0.29, 0.717) is 17.2 Å². The van der Waals surface area contributed by atoms with Gasteiger partial charge in [0.1, 0.15) is 0 Å². The molecule has 18 heavy (non-hydrogen) atoms. The molecular weight excluding hydrogens is 244 g/mol. The third-order valence-corrected chi connectivity index (χ3v) is 3.94. The Bertz CT molecular complexity index is 492. The predicted molar refractivity (Wildman–Crippen MR) is 76.4 cm³/mol. The number of allylic oxidation sites excluding steroid dienone is 1. The van der Waals surface area contributed by atoms with Crippen molar-refractivity contribution in [2.75, 3.05) is 0 Å². The Morgan fingerprint density at radius 2 is 2.17 bits per heavy atom. The van der Waals surface area contributed by atoms with Crippen molar-refractivity contribution in [3.05, 3.63) is 39.5 Å². The average Bonchev–Trinajstić information content (AvgIpc) is 2.35. The maximum absolute atomic E-state index is 11.9. The Kier molecular flexibility index (Phi) is 4.53. The quantitative estimate of drug-likeness (QED) is 0.670. The van der Waals surface area contributed by atoms with Gasteiger partial charge in [-0.05, 0) is 24.6 Å². The molecule has 1 aliphatic carbocycles. The summed E-state index contributed by atoms with van der Waals surface area (Å²) >= 11 is 5.22. The normalized spacial score (nSPS) is 16.7. The van der Waals surface area contributed by atoms with Crippen LogP contribution < -0.4 is 5.56 Å².